The minimum atomic E-state index is -0.307. The number of methoxy groups -OCH3 is 1. The lowest BCUT2D eigenvalue weighted by molar-refractivity contribution is 0.102. The molecule has 0 fully saturated rings. The Morgan fingerprint density at radius 2 is 1.88 bits per heavy atom. The van der Waals surface area contributed by atoms with Crippen LogP contribution in [-0.4, -0.2) is 22.8 Å². The lowest BCUT2D eigenvalue weighted by atomic mass is 10.2. The van der Waals surface area contributed by atoms with E-state index in [0.717, 1.165) is 11.3 Å². The molecule has 1 heterocycles. The SMILES string of the molecule is COc1ccc(OCn2ccc(C(=O)Nc3cc(Cl)ccc3C)n2)cc1. The number of rotatable bonds is 6. The zero-order valence-electron chi connectivity index (χ0n) is 14.4. The fourth-order valence-corrected chi connectivity index (χ4v) is 2.45. The van der Waals surface area contributed by atoms with Gasteiger partial charge < -0.3 is 14.8 Å². The van der Waals surface area contributed by atoms with Crippen LogP contribution in [0.5, 0.6) is 11.5 Å². The van der Waals surface area contributed by atoms with Crippen LogP contribution in [0.1, 0.15) is 16.1 Å². The first kappa shape index (κ1) is 17.8. The van der Waals surface area contributed by atoms with Gasteiger partial charge in [-0.15, -0.1) is 0 Å². The maximum Gasteiger partial charge on any atom is 0.276 e. The van der Waals surface area contributed by atoms with Crippen molar-refractivity contribution in [2.45, 2.75) is 13.7 Å². The Morgan fingerprint density at radius 3 is 2.62 bits per heavy atom. The smallest absolute Gasteiger partial charge is 0.276 e. The van der Waals surface area contributed by atoms with E-state index in [1.807, 2.05) is 25.1 Å². The predicted molar refractivity (Wildman–Crippen MR) is 100.0 cm³/mol. The second kappa shape index (κ2) is 7.93. The van der Waals surface area contributed by atoms with E-state index in [9.17, 15) is 4.79 Å². The van der Waals surface area contributed by atoms with Crippen LogP contribution in [-0.2, 0) is 6.73 Å². The molecular weight excluding hydrogens is 354 g/mol. The van der Waals surface area contributed by atoms with Gasteiger partial charge in [0.2, 0.25) is 0 Å². The van der Waals surface area contributed by atoms with Crippen molar-refractivity contribution in [2.75, 3.05) is 12.4 Å². The molecule has 1 N–H and O–H groups in total. The molecule has 0 radical (unpaired) electrons. The third-order valence-corrected chi connectivity index (χ3v) is 3.98. The summed E-state index contributed by atoms with van der Waals surface area (Å²) >= 11 is 5.97. The van der Waals surface area contributed by atoms with Crippen LogP contribution in [0.15, 0.2) is 54.7 Å². The number of carbonyl (C=O) groups is 1. The van der Waals surface area contributed by atoms with Gasteiger partial charge >= 0.3 is 0 Å². The predicted octanol–water partition coefficient (Wildman–Crippen LogP) is 4.14. The summed E-state index contributed by atoms with van der Waals surface area (Å²) in [6, 6.07) is 14.2. The zero-order chi connectivity index (χ0) is 18.5. The van der Waals surface area contributed by atoms with E-state index >= 15 is 0 Å². The summed E-state index contributed by atoms with van der Waals surface area (Å²) in [5.74, 6) is 1.13. The molecule has 0 atom stereocenters. The number of anilines is 1. The highest BCUT2D eigenvalue weighted by Crippen LogP contribution is 2.21. The number of hydrogen-bond acceptors (Lipinski definition) is 4. The van der Waals surface area contributed by atoms with Crippen molar-refractivity contribution in [1.82, 2.24) is 9.78 Å². The van der Waals surface area contributed by atoms with Crippen molar-refractivity contribution in [2.24, 2.45) is 0 Å². The molecule has 0 aliphatic rings. The first-order valence-electron chi connectivity index (χ1n) is 7.93. The summed E-state index contributed by atoms with van der Waals surface area (Å²) in [5, 5.41) is 7.60. The monoisotopic (exact) mass is 371 g/mol. The number of hydrogen-bond donors (Lipinski definition) is 1. The molecule has 1 aromatic heterocycles. The highest BCUT2D eigenvalue weighted by atomic mass is 35.5. The molecule has 3 rings (SSSR count). The van der Waals surface area contributed by atoms with Gasteiger partial charge in [-0.05, 0) is 55.0 Å². The molecule has 2 aromatic carbocycles. The van der Waals surface area contributed by atoms with E-state index in [-0.39, 0.29) is 12.6 Å². The van der Waals surface area contributed by atoms with Crippen molar-refractivity contribution < 1.29 is 14.3 Å². The number of halogens is 1. The van der Waals surface area contributed by atoms with Gasteiger partial charge in [0.05, 0.1) is 7.11 Å². The molecule has 0 aliphatic carbocycles. The molecule has 3 aromatic rings. The first-order chi connectivity index (χ1) is 12.5. The number of carbonyl (C=O) groups excluding carboxylic acids is 1. The van der Waals surface area contributed by atoms with Crippen LogP contribution in [0.2, 0.25) is 5.02 Å². The van der Waals surface area contributed by atoms with E-state index in [4.69, 9.17) is 21.1 Å². The van der Waals surface area contributed by atoms with Gasteiger partial charge in [-0.2, -0.15) is 5.10 Å². The second-order valence-electron chi connectivity index (χ2n) is 5.60. The molecule has 7 heteroatoms. The Bertz CT molecular complexity index is 907. The molecular formula is C19H18ClN3O3. The van der Waals surface area contributed by atoms with Crippen molar-refractivity contribution in [1.29, 1.82) is 0 Å². The Labute approximate surface area is 156 Å². The number of ether oxygens (including phenoxy) is 2. The van der Waals surface area contributed by atoms with Gasteiger partial charge in [0.25, 0.3) is 5.91 Å². The maximum atomic E-state index is 12.4. The molecule has 0 saturated heterocycles. The summed E-state index contributed by atoms with van der Waals surface area (Å²) in [4.78, 5) is 12.4. The Morgan fingerprint density at radius 1 is 1.15 bits per heavy atom. The minimum absolute atomic E-state index is 0.190. The normalized spacial score (nSPS) is 10.4. The van der Waals surface area contributed by atoms with Gasteiger partial charge in [-0.1, -0.05) is 17.7 Å². The van der Waals surface area contributed by atoms with E-state index < -0.39 is 0 Å². The summed E-state index contributed by atoms with van der Waals surface area (Å²) in [7, 11) is 1.61. The summed E-state index contributed by atoms with van der Waals surface area (Å²) in [5.41, 5.74) is 1.87. The van der Waals surface area contributed by atoms with Crippen molar-refractivity contribution in [3.63, 3.8) is 0 Å². The Kier molecular flexibility index (Phi) is 5.43. The van der Waals surface area contributed by atoms with Gasteiger partial charge in [-0.25, -0.2) is 4.68 Å². The number of benzene rings is 2. The van der Waals surface area contributed by atoms with Crippen molar-refractivity contribution >= 4 is 23.2 Å². The number of nitrogens with zero attached hydrogens (tertiary/aromatic N) is 2. The second-order valence-corrected chi connectivity index (χ2v) is 6.04. The number of nitrogens with one attached hydrogen (secondary N) is 1. The van der Waals surface area contributed by atoms with Crippen LogP contribution in [0.25, 0.3) is 0 Å². The fraction of sp³-hybridized carbons (Fsp3) is 0.158. The Balaban J connectivity index is 1.61. The van der Waals surface area contributed by atoms with E-state index in [1.165, 1.54) is 0 Å². The van der Waals surface area contributed by atoms with E-state index in [2.05, 4.69) is 10.4 Å². The van der Waals surface area contributed by atoms with E-state index in [0.29, 0.717) is 22.2 Å². The topological polar surface area (TPSA) is 65.4 Å². The van der Waals surface area contributed by atoms with Gasteiger partial charge in [0.1, 0.15) is 11.5 Å². The molecule has 1 amide bonds. The van der Waals surface area contributed by atoms with Crippen molar-refractivity contribution in [3.05, 3.63) is 71.0 Å². The highest BCUT2D eigenvalue weighted by Gasteiger charge is 2.11. The molecule has 26 heavy (non-hydrogen) atoms. The fourth-order valence-electron chi connectivity index (χ4n) is 2.28. The van der Waals surface area contributed by atoms with Gasteiger partial charge in [0.15, 0.2) is 12.4 Å². The van der Waals surface area contributed by atoms with E-state index in [1.54, 1.807) is 48.3 Å². The average molecular weight is 372 g/mol. The molecule has 0 saturated carbocycles. The standard InChI is InChI=1S/C19H18ClN3O3/c1-13-3-4-14(20)11-18(13)21-19(24)17-9-10-23(22-17)12-26-16-7-5-15(25-2)6-8-16/h3-11H,12H2,1-2H3,(H,21,24). The van der Waals surface area contributed by atoms with Crippen LogP contribution >= 0.6 is 11.6 Å². The summed E-state index contributed by atoms with van der Waals surface area (Å²) < 4.78 is 12.3. The summed E-state index contributed by atoms with van der Waals surface area (Å²) in [6.45, 7) is 2.09. The first-order valence-corrected chi connectivity index (χ1v) is 8.31. The molecule has 0 unspecified atom stereocenters. The van der Waals surface area contributed by atoms with Crippen molar-refractivity contribution in [3.8, 4) is 11.5 Å². The van der Waals surface area contributed by atoms with Crippen LogP contribution < -0.4 is 14.8 Å². The molecule has 0 bridgehead atoms. The average Bonchev–Trinajstić information content (AvgIpc) is 3.12. The number of amides is 1. The number of aryl methyl sites for hydroxylation is 1. The summed E-state index contributed by atoms with van der Waals surface area (Å²) in [6.07, 6.45) is 1.68. The maximum absolute atomic E-state index is 12.4. The third kappa shape index (κ3) is 4.34. The molecule has 0 aliphatic heterocycles. The lowest BCUT2D eigenvalue weighted by Crippen LogP contribution is -2.15. The molecule has 134 valence electrons. The lowest BCUT2D eigenvalue weighted by Gasteiger charge is -2.08. The molecule has 0 spiro atoms. The Hall–Kier alpha value is -2.99. The number of aromatic nitrogens is 2. The minimum Gasteiger partial charge on any atom is -0.497 e. The largest absolute Gasteiger partial charge is 0.497 e. The zero-order valence-corrected chi connectivity index (χ0v) is 15.2. The quantitative estimate of drug-likeness (QED) is 0.707. The van der Waals surface area contributed by atoms with Crippen LogP contribution in [0, 0.1) is 6.92 Å². The van der Waals surface area contributed by atoms with Gasteiger partial charge in [-0.3, -0.25) is 4.79 Å². The molecule has 6 nitrogen and oxygen atoms in total. The third-order valence-electron chi connectivity index (χ3n) is 3.74. The highest BCUT2D eigenvalue weighted by molar-refractivity contribution is 6.31. The van der Waals surface area contributed by atoms with Crippen LogP contribution in [0.3, 0.4) is 0 Å². The van der Waals surface area contributed by atoms with Crippen LogP contribution in [0.4, 0.5) is 5.69 Å². The van der Waals surface area contributed by atoms with Gasteiger partial charge in [0, 0.05) is 16.9 Å².